The number of likely N-dealkylation sites (N-methyl/N-ethyl adjacent to an activating group) is 1. The van der Waals surface area contributed by atoms with Gasteiger partial charge in [0, 0.05) is 16.6 Å². The number of carbonyl (C=O) groups excluding carboxylic acids is 2. The summed E-state index contributed by atoms with van der Waals surface area (Å²) in [4.78, 5) is 24.8. The smallest absolute Gasteiger partial charge is 0.321 e. The molecule has 23 heavy (non-hydrogen) atoms. The Labute approximate surface area is 142 Å². The summed E-state index contributed by atoms with van der Waals surface area (Å²) < 4.78 is 0. The number of benzene rings is 1. The van der Waals surface area contributed by atoms with Crippen molar-refractivity contribution in [3.05, 3.63) is 34.9 Å². The first-order chi connectivity index (χ1) is 11.0. The molecule has 0 saturated heterocycles. The maximum atomic E-state index is 11.9. The van der Waals surface area contributed by atoms with Crippen LogP contribution < -0.4 is 15.5 Å². The zero-order chi connectivity index (χ0) is 16.7. The summed E-state index contributed by atoms with van der Waals surface area (Å²) in [5, 5.41) is 5.99. The maximum absolute atomic E-state index is 11.9. The average molecular weight is 339 g/mol. The van der Waals surface area contributed by atoms with Crippen LogP contribution in [0.3, 0.4) is 0 Å². The van der Waals surface area contributed by atoms with Gasteiger partial charge in [0.2, 0.25) is 0 Å². The van der Waals surface area contributed by atoms with E-state index in [0.717, 1.165) is 36.1 Å². The number of imide groups is 1. The number of amides is 3. The van der Waals surface area contributed by atoms with Gasteiger partial charge < -0.3 is 10.2 Å². The number of halogens is 1. The molecule has 0 bridgehead atoms. The zero-order valence-corrected chi connectivity index (χ0v) is 14.3. The normalized spacial score (nSPS) is 16.6. The number of quaternary nitrogens is 1. The van der Waals surface area contributed by atoms with Gasteiger partial charge in [0.05, 0.1) is 7.05 Å². The Morgan fingerprint density at radius 2 is 2.00 bits per heavy atom. The van der Waals surface area contributed by atoms with Gasteiger partial charge in [-0.3, -0.25) is 10.1 Å². The second-order valence-corrected chi connectivity index (χ2v) is 6.73. The SMILES string of the molecule is C[NH+](CC(=O)NC(=O)NC1CCCCC1)Cc1cccc(Cl)c1. The number of rotatable bonds is 5. The Hall–Kier alpha value is -1.59. The third-order valence-corrected chi connectivity index (χ3v) is 4.29. The molecule has 3 amide bonds. The lowest BCUT2D eigenvalue weighted by molar-refractivity contribution is -0.885. The third kappa shape index (κ3) is 6.59. The van der Waals surface area contributed by atoms with Crippen molar-refractivity contribution in [1.82, 2.24) is 10.6 Å². The highest BCUT2D eigenvalue weighted by Gasteiger charge is 2.18. The maximum Gasteiger partial charge on any atom is 0.321 e. The number of hydrogen-bond acceptors (Lipinski definition) is 2. The molecule has 126 valence electrons. The second kappa shape index (κ2) is 8.89. The molecule has 1 saturated carbocycles. The highest BCUT2D eigenvalue weighted by Crippen LogP contribution is 2.17. The fourth-order valence-corrected chi connectivity index (χ4v) is 3.18. The van der Waals surface area contributed by atoms with Crippen molar-refractivity contribution in [2.24, 2.45) is 0 Å². The van der Waals surface area contributed by atoms with E-state index >= 15 is 0 Å². The Kier molecular flexibility index (Phi) is 6.86. The molecule has 1 unspecified atom stereocenters. The van der Waals surface area contributed by atoms with Crippen LogP contribution in [-0.2, 0) is 11.3 Å². The van der Waals surface area contributed by atoms with E-state index in [0.29, 0.717) is 11.6 Å². The topological polar surface area (TPSA) is 62.6 Å². The molecule has 0 heterocycles. The predicted octanol–water partition coefficient (Wildman–Crippen LogP) is 1.51. The van der Waals surface area contributed by atoms with Crippen LogP contribution in [0.15, 0.2) is 24.3 Å². The van der Waals surface area contributed by atoms with Gasteiger partial charge in [-0.05, 0) is 25.0 Å². The van der Waals surface area contributed by atoms with Crippen molar-refractivity contribution in [2.75, 3.05) is 13.6 Å². The van der Waals surface area contributed by atoms with Crippen LogP contribution >= 0.6 is 11.6 Å². The summed E-state index contributed by atoms with van der Waals surface area (Å²) in [5.41, 5.74) is 1.06. The van der Waals surface area contributed by atoms with Gasteiger partial charge in [0.15, 0.2) is 6.54 Å². The molecule has 1 fully saturated rings. The van der Waals surface area contributed by atoms with E-state index in [4.69, 9.17) is 11.6 Å². The van der Waals surface area contributed by atoms with Crippen LogP contribution in [0, 0.1) is 0 Å². The van der Waals surface area contributed by atoms with E-state index in [9.17, 15) is 9.59 Å². The minimum Gasteiger partial charge on any atom is -0.335 e. The molecule has 6 heteroatoms. The molecule has 1 aliphatic rings. The van der Waals surface area contributed by atoms with Crippen LogP contribution in [0.25, 0.3) is 0 Å². The van der Waals surface area contributed by atoms with E-state index in [-0.39, 0.29) is 24.5 Å². The summed E-state index contributed by atoms with van der Waals surface area (Å²) in [5.74, 6) is -0.266. The van der Waals surface area contributed by atoms with Crippen molar-refractivity contribution < 1.29 is 14.5 Å². The molecule has 1 atom stereocenters. The van der Waals surface area contributed by atoms with Crippen molar-refractivity contribution in [3.8, 4) is 0 Å². The van der Waals surface area contributed by atoms with E-state index in [2.05, 4.69) is 10.6 Å². The van der Waals surface area contributed by atoms with Crippen LogP contribution in [0.5, 0.6) is 0 Å². The summed E-state index contributed by atoms with van der Waals surface area (Å²) in [6.07, 6.45) is 5.52. The van der Waals surface area contributed by atoms with Gasteiger partial charge in [-0.2, -0.15) is 0 Å². The van der Waals surface area contributed by atoms with Crippen molar-refractivity contribution >= 4 is 23.5 Å². The molecule has 0 spiro atoms. The number of urea groups is 1. The third-order valence-electron chi connectivity index (χ3n) is 4.05. The predicted molar refractivity (Wildman–Crippen MR) is 90.5 cm³/mol. The monoisotopic (exact) mass is 338 g/mol. The zero-order valence-electron chi connectivity index (χ0n) is 13.5. The van der Waals surface area contributed by atoms with Gasteiger partial charge in [-0.1, -0.05) is 43.0 Å². The molecule has 1 aromatic carbocycles. The highest BCUT2D eigenvalue weighted by atomic mass is 35.5. The first-order valence-electron chi connectivity index (χ1n) is 8.19. The summed E-state index contributed by atoms with van der Waals surface area (Å²) in [7, 11) is 1.92. The fourth-order valence-electron chi connectivity index (χ4n) is 2.97. The number of hydrogen-bond donors (Lipinski definition) is 3. The molecule has 0 radical (unpaired) electrons. The summed E-state index contributed by atoms with van der Waals surface area (Å²) in [6, 6.07) is 7.40. The van der Waals surface area contributed by atoms with Crippen LogP contribution in [0.2, 0.25) is 5.02 Å². The van der Waals surface area contributed by atoms with E-state index in [1.165, 1.54) is 6.42 Å². The average Bonchev–Trinajstić information content (AvgIpc) is 2.47. The molecular formula is C17H25ClN3O2+. The van der Waals surface area contributed by atoms with E-state index in [1.807, 2.05) is 31.3 Å². The Bertz CT molecular complexity index is 544. The van der Waals surface area contributed by atoms with Crippen molar-refractivity contribution in [1.29, 1.82) is 0 Å². The minimum atomic E-state index is -0.377. The lowest BCUT2D eigenvalue weighted by atomic mass is 9.96. The van der Waals surface area contributed by atoms with E-state index < -0.39 is 0 Å². The van der Waals surface area contributed by atoms with Crippen LogP contribution in [0.4, 0.5) is 4.79 Å². The molecule has 1 aromatic rings. The largest absolute Gasteiger partial charge is 0.335 e. The molecule has 0 aliphatic heterocycles. The summed E-state index contributed by atoms with van der Waals surface area (Å²) in [6.45, 7) is 0.919. The quantitative estimate of drug-likeness (QED) is 0.762. The van der Waals surface area contributed by atoms with Crippen molar-refractivity contribution in [3.63, 3.8) is 0 Å². The van der Waals surface area contributed by atoms with Gasteiger partial charge in [-0.25, -0.2) is 4.79 Å². The molecule has 0 aromatic heterocycles. The molecule has 1 aliphatic carbocycles. The van der Waals surface area contributed by atoms with Gasteiger partial charge in [0.1, 0.15) is 6.54 Å². The first-order valence-corrected chi connectivity index (χ1v) is 8.57. The first kappa shape index (κ1) is 17.8. The van der Waals surface area contributed by atoms with E-state index in [1.54, 1.807) is 0 Å². The molecular weight excluding hydrogens is 314 g/mol. The number of nitrogens with one attached hydrogen (secondary N) is 3. The Balaban J connectivity index is 1.71. The summed E-state index contributed by atoms with van der Waals surface area (Å²) >= 11 is 5.95. The highest BCUT2D eigenvalue weighted by molar-refractivity contribution is 6.30. The molecule has 3 N–H and O–H groups in total. The van der Waals surface area contributed by atoms with Crippen molar-refractivity contribution in [2.45, 2.75) is 44.7 Å². The fraction of sp³-hybridized carbons (Fsp3) is 0.529. The lowest BCUT2D eigenvalue weighted by Gasteiger charge is -2.22. The Morgan fingerprint density at radius 3 is 2.70 bits per heavy atom. The van der Waals surface area contributed by atoms with Gasteiger partial charge in [-0.15, -0.1) is 0 Å². The van der Waals surface area contributed by atoms with Gasteiger partial charge >= 0.3 is 6.03 Å². The molecule has 2 rings (SSSR count). The minimum absolute atomic E-state index is 0.202. The standard InChI is InChI=1S/C17H24ClN3O2/c1-21(11-13-6-5-7-14(18)10-13)12-16(22)20-17(23)19-15-8-3-2-4-9-15/h5-7,10,15H,2-4,8-9,11-12H2,1H3,(H2,19,20,22,23)/p+1. The van der Waals surface area contributed by atoms with Crippen LogP contribution in [-0.4, -0.2) is 31.6 Å². The van der Waals surface area contributed by atoms with Gasteiger partial charge in [0.25, 0.3) is 5.91 Å². The number of carbonyl (C=O) groups is 2. The lowest BCUT2D eigenvalue weighted by Crippen LogP contribution is -3.09. The van der Waals surface area contributed by atoms with Crippen LogP contribution in [0.1, 0.15) is 37.7 Å². The molecule has 5 nitrogen and oxygen atoms in total. The second-order valence-electron chi connectivity index (χ2n) is 6.30. The Morgan fingerprint density at radius 1 is 1.26 bits per heavy atom.